The van der Waals surface area contributed by atoms with Gasteiger partial charge in [0.05, 0.1) is 6.07 Å². The van der Waals surface area contributed by atoms with Crippen molar-refractivity contribution in [2.75, 3.05) is 0 Å². The molecule has 1 nitrogen and oxygen atoms in total. The molecule has 0 saturated carbocycles. The third-order valence-electron chi connectivity index (χ3n) is 0.737. The molecule has 39 valence electrons. The summed E-state index contributed by atoms with van der Waals surface area (Å²) in [7, 11) is 0. The molecule has 0 aromatic rings. The number of rotatable bonds is 2. The summed E-state index contributed by atoms with van der Waals surface area (Å²) >= 11 is 0. The highest BCUT2D eigenvalue weighted by Gasteiger charge is 1.89. The molecular formula is C6H10N. The van der Waals surface area contributed by atoms with Gasteiger partial charge in [0.1, 0.15) is 0 Å². The van der Waals surface area contributed by atoms with E-state index in [2.05, 4.69) is 6.07 Å². The van der Waals surface area contributed by atoms with Gasteiger partial charge in [0.15, 0.2) is 0 Å². The van der Waals surface area contributed by atoms with E-state index < -0.39 is 0 Å². The van der Waals surface area contributed by atoms with E-state index in [-0.39, 0.29) is 0 Å². The SMILES string of the molecule is C[C](C)CCC#N. The summed E-state index contributed by atoms with van der Waals surface area (Å²) in [6.45, 7) is 4.08. The molecule has 0 N–H and O–H groups in total. The van der Waals surface area contributed by atoms with Crippen molar-refractivity contribution in [3.8, 4) is 6.07 Å². The molecule has 1 radical (unpaired) electrons. The molecule has 0 fully saturated rings. The predicted molar refractivity (Wildman–Crippen MR) is 29.4 cm³/mol. The fourth-order valence-electron chi connectivity index (χ4n) is 0.306. The van der Waals surface area contributed by atoms with E-state index in [0.29, 0.717) is 6.42 Å². The molecule has 0 aromatic carbocycles. The van der Waals surface area contributed by atoms with Crippen molar-refractivity contribution in [1.82, 2.24) is 0 Å². The normalized spacial score (nSPS) is 8.86. The molecular weight excluding hydrogens is 86.1 g/mol. The first-order chi connectivity index (χ1) is 3.27. The third kappa shape index (κ3) is 5.49. The average molecular weight is 96.2 g/mol. The van der Waals surface area contributed by atoms with Crippen LogP contribution in [-0.2, 0) is 0 Å². The first kappa shape index (κ1) is 6.49. The zero-order valence-electron chi connectivity index (χ0n) is 4.86. The molecule has 1 heteroatoms. The highest BCUT2D eigenvalue weighted by atomic mass is 14.2. The Balaban J connectivity index is 2.86. The van der Waals surface area contributed by atoms with Crippen molar-refractivity contribution >= 4 is 0 Å². The maximum Gasteiger partial charge on any atom is 0.0621 e. The topological polar surface area (TPSA) is 23.8 Å². The summed E-state index contributed by atoms with van der Waals surface area (Å²) in [4.78, 5) is 0. The van der Waals surface area contributed by atoms with E-state index in [4.69, 9.17) is 5.26 Å². The molecule has 0 bridgehead atoms. The molecule has 0 spiro atoms. The largest absolute Gasteiger partial charge is 0.198 e. The van der Waals surface area contributed by atoms with Crippen LogP contribution in [0.5, 0.6) is 0 Å². The Labute approximate surface area is 45.0 Å². The van der Waals surface area contributed by atoms with Gasteiger partial charge in [-0.05, 0) is 12.3 Å². The molecule has 7 heavy (non-hydrogen) atoms. The summed E-state index contributed by atoms with van der Waals surface area (Å²) in [5.74, 6) is 1.33. The van der Waals surface area contributed by atoms with Crippen molar-refractivity contribution in [2.24, 2.45) is 0 Å². The first-order valence-electron chi connectivity index (χ1n) is 2.43. The highest BCUT2D eigenvalue weighted by Crippen LogP contribution is 2.03. The average Bonchev–Trinajstić information content (AvgIpc) is 1.61. The third-order valence-corrected chi connectivity index (χ3v) is 0.737. The summed E-state index contributed by atoms with van der Waals surface area (Å²) in [6, 6.07) is 2.08. The van der Waals surface area contributed by atoms with Crippen LogP contribution in [0.2, 0.25) is 0 Å². The van der Waals surface area contributed by atoms with Crippen LogP contribution < -0.4 is 0 Å². The van der Waals surface area contributed by atoms with Gasteiger partial charge >= 0.3 is 0 Å². The smallest absolute Gasteiger partial charge is 0.0621 e. The molecule has 0 unspecified atom stereocenters. The fraction of sp³-hybridized carbons (Fsp3) is 0.667. The highest BCUT2D eigenvalue weighted by molar-refractivity contribution is 4.82. The van der Waals surface area contributed by atoms with E-state index in [1.54, 1.807) is 0 Å². The van der Waals surface area contributed by atoms with Gasteiger partial charge in [-0.2, -0.15) is 5.26 Å². The number of nitriles is 1. The van der Waals surface area contributed by atoms with Gasteiger partial charge < -0.3 is 0 Å². The number of hydrogen-bond donors (Lipinski definition) is 0. The van der Waals surface area contributed by atoms with Crippen LogP contribution in [0, 0.1) is 17.2 Å². The van der Waals surface area contributed by atoms with E-state index in [0.717, 1.165) is 6.42 Å². The van der Waals surface area contributed by atoms with Gasteiger partial charge in [-0.3, -0.25) is 0 Å². The van der Waals surface area contributed by atoms with E-state index >= 15 is 0 Å². The Morgan fingerprint density at radius 2 is 2.14 bits per heavy atom. The standard InChI is InChI=1S/C6H10N/c1-6(2)4-3-5-7/h3-4H2,1-2H3. The maximum atomic E-state index is 8.05. The Morgan fingerprint density at radius 1 is 1.57 bits per heavy atom. The van der Waals surface area contributed by atoms with Crippen molar-refractivity contribution in [2.45, 2.75) is 26.7 Å². The Hall–Kier alpha value is -0.510. The summed E-state index contributed by atoms with van der Waals surface area (Å²) in [5, 5.41) is 8.05. The summed E-state index contributed by atoms with van der Waals surface area (Å²) in [6.07, 6.45) is 1.62. The summed E-state index contributed by atoms with van der Waals surface area (Å²) < 4.78 is 0. The van der Waals surface area contributed by atoms with Crippen LogP contribution in [0.25, 0.3) is 0 Å². The van der Waals surface area contributed by atoms with Gasteiger partial charge in [0.25, 0.3) is 0 Å². The van der Waals surface area contributed by atoms with Gasteiger partial charge in [-0.15, -0.1) is 0 Å². The molecule has 0 amide bonds. The zero-order valence-corrected chi connectivity index (χ0v) is 4.86. The van der Waals surface area contributed by atoms with Crippen molar-refractivity contribution in [1.29, 1.82) is 5.26 Å². The first-order valence-corrected chi connectivity index (χ1v) is 2.43. The molecule has 0 heterocycles. The van der Waals surface area contributed by atoms with Crippen molar-refractivity contribution < 1.29 is 0 Å². The lowest BCUT2D eigenvalue weighted by molar-refractivity contribution is 0.859. The van der Waals surface area contributed by atoms with Crippen LogP contribution in [-0.4, -0.2) is 0 Å². The van der Waals surface area contributed by atoms with Crippen LogP contribution >= 0.6 is 0 Å². The molecule has 0 aliphatic heterocycles. The molecule has 0 aliphatic rings. The molecule has 0 aliphatic carbocycles. The Bertz CT molecular complexity index is 68.7. The molecule has 0 rings (SSSR count). The van der Waals surface area contributed by atoms with Crippen molar-refractivity contribution in [3.63, 3.8) is 0 Å². The maximum absolute atomic E-state index is 8.05. The lowest BCUT2D eigenvalue weighted by atomic mass is 10.1. The molecule has 0 aromatic heterocycles. The minimum absolute atomic E-state index is 0.669. The Morgan fingerprint density at radius 3 is 2.29 bits per heavy atom. The number of nitrogens with zero attached hydrogens (tertiary/aromatic N) is 1. The van der Waals surface area contributed by atoms with Gasteiger partial charge in [-0.25, -0.2) is 0 Å². The van der Waals surface area contributed by atoms with Gasteiger partial charge in [0, 0.05) is 6.42 Å². The van der Waals surface area contributed by atoms with Crippen LogP contribution in [0.15, 0.2) is 0 Å². The van der Waals surface area contributed by atoms with E-state index in [1.165, 1.54) is 5.92 Å². The predicted octanol–water partition coefficient (Wildman–Crippen LogP) is 1.90. The monoisotopic (exact) mass is 96.1 g/mol. The molecule has 0 saturated heterocycles. The Kier molecular flexibility index (Phi) is 3.40. The second-order valence-electron chi connectivity index (χ2n) is 1.87. The lowest BCUT2D eigenvalue weighted by Gasteiger charge is -1.93. The lowest BCUT2D eigenvalue weighted by Crippen LogP contribution is -1.79. The van der Waals surface area contributed by atoms with Crippen LogP contribution in [0.1, 0.15) is 26.7 Å². The van der Waals surface area contributed by atoms with E-state index in [9.17, 15) is 0 Å². The quantitative estimate of drug-likeness (QED) is 0.515. The number of hydrogen-bond acceptors (Lipinski definition) is 1. The summed E-state index contributed by atoms with van der Waals surface area (Å²) in [5.41, 5.74) is 0. The zero-order chi connectivity index (χ0) is 5.70. The molecule has 0 atom stereocenters. The van der Waals surface area contributed by atoms with Crippen LogP contribution in [0.3, 0.4) is 0 Å². The van der Waals surface area contributed by atoms with Gasteiger partial charge in [0.2, 0.25) is 0 Å². The fourth-order valence-corrected chi connectivity index (χ4v) is 0.306. The second-order valence-corrected chi connectivity index (χ2v) is 1.87. The second kappa shape index (κ2) is 3.67. The minimum atomic E-state index is 0.669. The van der Waals surface area contributed by atoms with Crippen LogP contribution in [0.4, 0.5) is 0 Å². The van der Waals surface area contributed by atoms with Crippen molar-refractivity contribution in [3.05, 3.63) is 5.92 Å². The minimum Gasteiger partial charge on any atom is -0.198 e. The van der Waals surface area contributed by atoms with Gasteiger partial charge in [-0.1, -0.05) is 13.8 Å². The van der Waals surface area contributed by atoms with E-state index in [1.807, 2.05) is 13.8 Å².